The monoisotopic (exact) mass is 286 g/mol. The molecule has 1 atom stereocenters. The van der Waals surface area contributed by atoms with Crippen LogP contribution in [0.5, 0.6) is 0 Å². The summed E-state index contributed by atoms with van der Waals surface area (Å²) in [5, 5.41) is 13.1. The fourth-order valence-corrected chi connectivity index (χ4v) is 2.97. The van der Waals surface area contributed by atoms with E-state index in [-0.39, 0.29) is 18.4 Å². The number of nitrogens with one attached hydrogen (secondary N) is 1. The van der Waals surface area contributed by atoms with Gasteiger partial charge in [-0.1, -0.05) is 17.7 Å². The molecule has 0 radical (unpaired) electrons. The van der Waals surface area contributed by atoms with Gasteiger partial charge in [-0.2, -0.15) is 0 Å². The molecule has 1 aromatic carbocycles. The lowest BCUT2D eigenvalue weighted by molar-refractivity contribution is 0.0666. The van der Waals surface area contributed by atoms with Gasteiger partial charge in [0, 0.05) is 6.54 Å². The van der Waals surface area contributed by atoms with E-state index in [9.17, 15) is 14.7 Å². The minimum atomic E-state index is -0.533. The lowest BCUT2D eigenvalue weighted by Gasteiger charge is -2.25. The van der Waals surface area contributed by atoms with Crippen LogP contribution in [-0.4, -0.2) is 47.6 Å². The van der Waals surface area contributed by atoms with E-state index in [0.29, 0.717) is 17.7 Å². The summed E-state index contributed by atoms with van der Waals surface area (Å²) in [6.07, 6.45) is 0.213. The quantitative estimate of drug-likeness (QED) is 0.627. The van der Waals surface area contributed by atoms with Crippen molar-refractivity contribution in [1.29, 1.82) is 0 Å². The van der Waals surface area contributed by atoms with Crippen molar-refractivity contribution in [3.63, 3.8) is 0 Å². The summed E-state index contributed by atoms with van der Waals surface area (Å²) in [5.41, 5.74) is 2.76. The lowest BCUT2D eigenvalue weighted by atomic mass is 9.97. The van der Waals surface area contributed by atoms with Crippen molar-refractivity contribution in [2.75, 3.05) is 19.6 Å². The Kier molecular flexibility index (Phi) is 3.61. The zero-order valence-corrected chi connectivity index (χ0v) is 11.9. The topological polar surface area (TPSA) is 69.6 Å². The minimum Gasteiger partial charge on any atom is -0.387 e. The number of amides is 2. The van der Waals surface area contributed by atoms with E-state index < -0.39 is 6.10 Å². The van der Waals surface area contributed by atoms with Crippen LogP contribution in [0.15, 0.2) is 35.4 Å². The van der Waals surface area contributed by atoms with Crippen molar-refractivity contribution in [3.05, 3.63) is 46.5 Å². The minimum absolute atomic E-state index is 0.249. The fourth-order valence-electron chi connectivity index (χ4n) is 2.97. The normalized spacial score (nSPS) is 24.3. The first-order valence-electron chi connectivity index (χ1n) is 7.12. The Morgan fingerprint density at radius 2 is 1.90 bits per heavy atom. The smallest absolute Gasteiger partial charge is 0.261 e. The number of hydrogen-bond acceptors (Lipinski definition) is 4. The molecule has 2 aliphatic heterocycles. The number of rotatable bonds is 2. The third kappa shape index (κ3) is 2.39. The van der Waals surface area contributed by atoms with Crippen molar-refractivity contribution < 1.29 is 14.7 Å². The second-order valence-corrected chi connectivity index (χ2v) is 5.52. The van der Waals surface area contributed by atoms with Crippen LogP contribution in [0, 0.1) is 0 Å². The summed E-state index contributed by atoms with van der Waals surface area (Å²) in [6, 6.07) is 6.87. The standard InChI is InChI=1S/C16H18N2O3/c1-10(11-6-7-17-8-14(11)19)9-18-15(20)12-4-2-3-5-13(12)16(18)21/h2-5,14,17,19H,6-9H2,1H3/b11-10+. The van der Waals surface area contributed by atoms with Gasteiger partial charge in [0.2, 0.25) is 0 Å². The van der Waals surface area contributed by atoms with E-state index >= 15 is 0 Å². The number of piperidine rings is 1. The second kappa shape index (κ2) is 5.42. The zero-order valence-electron chi connectivity index (χ0n) is 11.9. The van der Waals surface area contributed by atoms with Gasteiger partial charge < -0.3 is 10.4 Å². The maximum absolute atomic E-state index is 12.3. The van der Waals surface area contributed by atoms with Crippen LogP contribution in [-0.2, 0) is 0 Å². The van der Waals surface area contributed by atoms with Crippen molar-refractivity contribution >= 4 is 11.8 Å². The molecule has 2 aliphatic rings. The Morgan fingerprint density at radius 3 is 2.48 bits per heavy atom. The van der Waals surface area contributed by atoms with Gasteiger partial charge in [-0.05, 0) is 37.6 Å². The van der Waals surface area contributed by atoms with E-state index in [4.69, 9.17) is 0 Å². The van der Waals surface area contributed by atoms with Crippen LogP contribution in [0.25, 0.3) is 0 Å². The van der Waals surface area contributed by atoms with Gasteiger partial charge >= 0.3 is 0 Å². The molecule has 110 valence electrons. The molecule has 1 fully saturated rings. The van der Waals surface area contributed by atoms with E-state index in [1.54, 1.807) is 24.3 Å². The molecule has 0 bridgehead atoms. The van der Waals surface area contributed by atoms with Crippen molar-refractivity contribution in [2.24, 2.45) is 0 Å². The number of imide groups is 1. The molecule has 3 rings (SSSR count). The number of carbonyl (C=O) groups is 2. The highest BCUT2D eigenvalue weighted by Gasteiger charge is 2.35. The highest BCUT2D eigenvalue weighted by Crippen LogP contribution is 2.25. The molecule has 0 saturated carbocycles. The number of fused-ring (bicyclic) bond motifs is 1. The van der Waals surface area contributed by atoms with Gasteiger partial charge in [-0.15, -0.1) is 0 Å². The molecule has 2 heterocycles. The van der Waals surface area contributed by atoms with Crippen LogP contribution in [0.2, 0.25) is 0 Å². The van der Waals surface area contributed by atoms with Crippen LogP contribution in [0.1, 0.15) is 34.1 Å². The number of hydrogen-bond donors (Lipinski definition) is 2. The predicted octanol–water partition coefficient (Wildman–Crippen LogP) is 0.953. The first-order valence-corrected chi connectivity index (χ1v) is 7.12. The summed E-state index contributed by atoms with van der Waals surface area (Å²) >= 11 is 0. The Hall–Kier alpha value is -1.98. The fraction of sp³-hybridized carbons (Fsp3) is 0.375. The summed E-state index contributed by atoms with van der Waals surface area (Å²) in [4.78, 5) is 25.9. The predicted molar refractivity (Wildman–Crippen MR) is 78.0 cm³/mol. The van der Waals surface area contributed by atoms with Gasteiger partial charge in [0.05, 0.1) is 23.8 Å². The van der Waals surface area contributed by atoms with Gasteiger partial charge in [-0.25, -0.2) is 0 Å². The Balaban J connectivity index is 1.85. The Morgan fingerprint density at radius 1 is 1.29 bits per heavy atom. The van der Waals surface area contributed by atoms with E-state index in [1.807, 2.05) is 6.92 Å². The van der Waals surface area contributed by atoms with Crippen LogP contribution >= 0.6 is 0 Å². The van der Waals surface area contributed by atoms with Gasteiger partial charge in [0.15, 0.2) is 0 Å². The third-order valence-corrected chi connectivity index (χ3v) is 4.13. The first-order chi connectivity index (χ1) is 10.1. The van der Waals surface area contributed by atoms with Gasteiger partial charge in [0.25, 0.3) is 11.8 Å². The van der Waals surface area contributed by atoms with Crippen molar-refractivity contribution in [1.82, 2.24) is 10.2 Å². The average molecular weight is 286 g/mol. The molecule has 5 heteroatoms. The molecule has 0 aromatic heterocycles. The second-order valence-electron chi connectivity index (χ2n) is 5.52. The molecular weight excluding hydrogens is 268 g/mol. The number of aliphatic hydroxyl groups excluding tert-OH is 1. The van der Waals surface area contributed by atoms with E-state index in [2.05, 4.69) is 5.32 Å². The molecule has 0 spiro atoms. The highest BCUT2D eigenvalue weighted by atomic mass is 16.3. The number of carbonyl (C=O) groups excluding carboxylic acids is 2. The summed E-state index contributed by atoms with van der Waals surface area (Å²) in [6.45, 7) is 3.47. The molecule has 0 aliphatic carbocycles. The molecule has 2 amide bonds. The van der Waals surface area contributed by atoms with Crippen molar-refractivity contribution in [2.45, 2.75) is 19.4 Å². The molecule has 5 nitrogen and oxygen atoms in total. The number of nitrogens with zero attached hydrogens (tertiary/aromatic N) is 1. The van der Waals surface area contributed by atoms with Gasteiger partial charge in [0.1, 0.15) is 0 Å². The SMILES string of the molecule is C/C(CN1C(=O)c2ccccc2C1=O)=C1/CCNCC1O. The maximum Gasteiger partial charge on any atom is 0.261 e. The molecule has 2 N–H and O–H groups in total. The zero-order chi connectivity index (χ0) is 15.0. The molecule has 1 unspecified atom stereocenters. The van der Waals surface area contributed by atoms with Crippen LogP contribution in [0.4, 0.5) is 0 Å². The largest absolute Gasteiger partial charge is 0.387 e. The van der Waals surface area contributed by atoms with E-state index in [1.165, 1.54) is 4.90 Å². The summed E-state index contributed by atoms with van der Waals surface area (Å²) < 4.78 is 0. The first kappa shape index (κ1) is 14.0. The molecular formula is C16H18N2O3. The Labute approximate surface area is 123 Å². The van der Waals surface area contributed by atoms with Crippen LogP contribution in [0.3, 0.4) is 0 Å². The third-order valence-electron chi connectivity index (χ3n) is 4.13. The van der Waals surface area contributed by atoms with Crippen LogP contribution < -0.4 is 5.32 Å². The average Bonchev–Trinajstić information content (AvgIpc) is 2.73. The molecule has 1 aromatic rings. The van der Waals surface area contributed by atoms with Crippen molar-refractivity contribution in [3.8, 4) is 0 Å². The number of benzene rings is 1. The van der Waals surface area contributed by atoms with Gasteiger partial charge in [-0.3, -0.25) is 14.5 Å². The lowest BCUT2D eigenvalue weighted by Crippen LogP contribution is -2.38. The Bertz CT molecular complexity index is 601. The number of β-amino-alcohol motifs (C(OH)–C–C–N with tert-alkyl or cyclic N) is 1. The number of aliphatic hydroxyl groups is 1. The highest BCUT2D eigenvalue weighted by molar-refractivity contribution is 6.21. The molecule has 1 saturated heterocycles. The maximum atomic E-state index is 12.3. The van der Waals surface area contributed by atoms with E-state index in [0.717, 1.165) is 24.1 Å². The summed E-state index contributed by atoms with van der Waals surface area (Å²) in [5.74, 6) is -0.502. The molecule has 21 heavy (non-hydrogen) atoms. The summed E-state index contributed by atoms with van der Waals surface area (Å²) in [7, 11) is 0.